The van der Waals surface area contributed by atoms with Gasteiger partial charge in [0, 0.05) is 10.9 Å². The van der Waals surface area contributed by atoms with Crippen molar-refractivity contribution in [3.63, 3.8) is 0 Å². The molecule has 0 saturated heterocycles. The number of hydrogen-bond acceptors (Lipinski definition) is 7. The van der Waals surface area contributed by atoms with E-state index in [4.69, 9.17) is 15.2 Å². The van der Waals surface area contributed by atoms with Crippen molar-refractivity contribution in [3.05, 3.63) is 35.3 Å². The number of nitrogens with zero attached hydrogens (tertiary/aromatic N) is 1. The van der Waals surface area contributed by atoms with Crippen LogP contribution >= 0.6 is 11.3 Å². The first kappa shape index (κ1) is 18.4. The number of carbonyl (C=O) groups excluding carboxylic acids is 3. The fourth-order valence-electron chi connectivity index (χ4n) is 1.92. The van der Waals surface area contributed by atoms with Crippen molar-refractivity contribution in [1.82, 2.24) is 10.3 Å². The molecular formula is C16H17N3O5S. The molecule has 0 unspecified atom stereocenters. The summed E-state index contributed by atoms with van der Waals surface area (Å²) in [5, 5.41) is 4.35. The van der Waals surface area contributed by atoms with Crippen molar-refractivity contribution in [2.75, 3.05) is 7.11 Å². The zero-order valence-corrected chi connectivity index (χ0v) is 14.5. The number of carbonyl (C=O) groups is 3. The molecule has 0 fully saturated rings. The van der Waals surface area contributed by atoms with E-state index in [1.807, 2.05) is 29.6 Å². The summed E-state index contributed by atoms with van der Waals surface area (Å²) >= 11 is 1.39. The molecule has 0 aliphatic rings. The van der Waals surface area contributed by atoms with Crippen molar-refractivity contribution in [3.8, 4) is 16.3 Å². The van der Waals surface area contributed by atoms with E-state index in [0.29, 0.717) is 5.69 Å². The van der Waals surface area contributed by atoms with E-state index in [0.717, 1.165) is 16.3 Å². The topological polar surface area (TPSA) is 121 Å². The number of methoxy groups -OCH3 is 1. The number of nitrogens with one attached hydrogen (secondary N) is 1. The van der Waals surface area contributed by atoms with E-state index >= 15 is 0 Å². The summed E-state index contributed by atoms with van der Waals surface area (Å²) in [6, 6.07) is 6.39. The third-order valence-electron chi connectivity index (χ3n) is 3.14. The molecule has 1 heterocycles. The lowest BCUT2D eigenvalue weighted by molar-refractivity contribution is -0.153. The summed E-state index contributed by atoms with van der Waals surface area (Å²) in [6.07, 6.45) is -1.21. The smallest absolute Gasteiger partial charge is 0.318 e. The van der Waals surface area contributed by atoms with Crippen LogP contribution in [-0.4, -0.2) is 36.1 Å². The molecule has 0 radical (unpaired) electrons. The van der Waals surface area contributed by atoms with Crippen LogP contribution in [0.25, 0.3) is 10.6 Å². The van der Waals surface area contributed by atoms with E-state index in [1.165, 1.54) is 18.3 Å². The summed E-state index contributed by atoms with van der Waals surface area (Å²) < 4.78 is 10.1. The maximum absolute atomic E-state index is 11.9. The van der Waals surface area contributed by atoms with E-state index in [9.17, 15) is 14.4 Å². The standard InChI is InChI=1S/C16H17N3O5S/c1-9(14(21)19-16(17)22)24-13(20)7-11-8-25-15(18-11)10-3-5-12(23-2)6-4-10/h3-6,8-9H,7H2,1-2H3,(H3,17,19,21,22)/t9-/m0/s1. The van der Waals surface area contributed by atoms with Crippen molar-refractivity contribution in [1.29, 1.82) is 0 Å². The summed E-state index contributed by atoms with van der Waals surface area (Å²) in [7, 11) is 1.59. The minimum absolute atomic E-state index is 0.0825. The van der Waals surface area contributed by atoms with Gasteiger partial charge in [-0.15, -0.1) is 11.3 Å². The molecule has 8 nitrogen and oxygen atoms in total. The molecule has 2 rings (SSSR count). The molecule has 132 valence electrons. The third kappa shape index (κ3) is 5.28. The number of hydrogen-bond donors (Lipinski definition) is 2. The highest BCUT2D eigenvalue weighted by Gasteiger charge is 2.20. The summed E-state index contributed by atoms with van der Waals surface area (Å²) in [4.78, 5) is 38.3. The van der Waals surface area contributed by atoms with Crippen LogP contribution in [0.3, 0.4) is 0 Å². The largest absolute Gasteiger partial charge is 0.497 e. The van der Waals surface area contributed by atoms with Crippen LogP contribution in [0.15, 0.2) is 29.6 Å². The molecule has 0 spiro atoms. The van der Waals surface area contributed by atoms with Gasteiger partial charge in [0.25, 0.3) is 5.91 Å². The second-order valence-electron chi connectivity index (χ2n) is 5.03. The van der Waals surface area contributed by atoms with Gasteiger partial charge in [-0.1, -0.05) is 0 Å². The molecule has 1 aromatic heterocycles. The lowest BCUT2D eigenvalue weighted by atomic mass is 10.2. The number of ether oxygens (including phenoxy) is 2. The zero-order chi connectivity index (χ0) is 18.4. The first-order chi connectivity index (χ1) is 11.9. The van der Waals surface area contributed by atoms with Crippen LogP contribution in [0.4, 0.5) is 4.79 Å². The molecule has 0 aliphatic heterocycles. The quantitative estimate of drug-likeness (QED) is 0.750. The average Bonchev–Trinajstić information content (AvgIpc) is 3.02. The zero-order valence-electron chi connectivity index (χ0n) is 13.6. The Kier molecular flexibility index (Phi) is 6.07. The number of primary amides is 1. The Bertz CT molecular complexity index is 772. The summed E-state index contributed by atoms with van der Waals surface area (Å²) in [5.74, 6) is -0.663. The normalized spacial score (nSPS) is 11.4. The van der Waals surface area contributed by atoms with Crippen LogP contribution in [0.1, 0.15) is 12.6 Å². The first-order valence-corrected chi connectivity index (χ1v) is 8.15. The number of esters is 1. The molecular weight excluding hydrogens is 346 g/mol. The van der Waals surface area contributed by atoms with Crippen LogP contribution in [0, 0.1) is 0 Å². The van der Waals surface area contributed by atoms with Gasteiger partial charge in [0.2, 0.25) is 0 Å². The molecule has 0 saturated carbocycles. The highest BCUT2D eigenvalue weighted by molar-refractivity contribution is 7.13. The predicted octanol–water partition coefficient (Wildman–Crippen LogP) is 1.49. The molecule has 2 aromatic rings. The van der Waals surface area contributed by atoms with Crippen LogP contribution in [0.5, 0.6) is 5.75 Å². The number of nitrogens with two attached hydrogens (primary N) is 1. The SMILES string of the molecule is COc1ccc(-c2nc(CC(=O)O[C@@H](C)C(=O)NC(N)=O)cs2)cc1. The average molecular weight is 363 g/mol. The Labute approximate surface area is 148 Å². The van der Waals surface area contributed by atoms with Crippen LogP contribution in [-0.2, 0) is 20.7 Å². The lowest BCUT2D eigenvalue weighted by Gasteiger charge is -2.11. The minimum Gasteiger partial charge on any atom is -0.497 e. The lowest BCUT2D eigenvalue weighted by Crippen LogP contribution is -2.42. The van der Waals surface area contributed by atoms with Crippen LogP contribution in [0.2, 0.25) is 0 Å². The fourth-order valence-corrected chi connectivity index (χ4v) is 2.74. The number of benzene rings is 1. The third-order valence-corrected chi connectivity index (χ3v) is 4.08. The Hall–Kier alpha value is -2.94. The maximum atomic E-state index is 11.9. The van der Waals surface area contributed by atoms with Gasteiger partial charge < -0.3 is 15.2 Å². The van der Waals surface area contributed by atoms with Crippen LogP contribution < -0.4 is 15.8 Å². The molecule has 0 bridgehead atoms. The Balaban J connectivity index is 1.94. The van der Waals surface area contributed by atoms with Gasteiger partial charge in [0.1, 0.15) is 10.8 Å². The first-order valence-electron chi connectivity index (χ1n) is 7.27. The number of aromatic nitrogens is 1. The van der Waals surface area contributed by atoms with Crippen molar-refractivity contribution in [2.45, 2.75) is 19.4 Å². The van der Waals surface area contributed by atoms with Gasteiger partial charge in [0.15, 0.2) is 6.10 Å². The van der Waals surface area contributed by atoms with E-state index in [1.54, 1.807) is 12.5 Å². The van der Waals surface area contributed by atoms with Crippen molar-refractivity contribution < 1.29 is 23.9 Å². The van der Waals surface area contributed by atoms with E-state index in [-0.39, 0.29) is 6.42 Å². The molecule has 3 amide bonds. The van der Waals surface area contributed by atoms with Gasteiger partial charge >= 0.3 is 12.0 Å². The van der Waals surface area contributed by atoms with Gasteiger partial charge in [-0.25, -0.2) is 9.78 Å². The molecule has 25 heavy (non-hydrogen) atoms. The molecule has 1 aromatic carbocycles. The second-order valence-corrected chi connectivity index (χ2v) is 5.89. The molecule has 1 atom stereocenters. The predicted molar refractivity (Wildman–Crippen MR) is 91.1 cm³/mol. The van der Waals surface area contributed by atoms with Crippen molar-refractivity contribution in [2.24, 2.45) is 5.73 Å². The molecule has 3 N–H and O–H groups in total. The Morgan fingerprint density at radius 2 is 1.96 bits per heavy atom. The van der Waals surface area contributed by atoms with Gasteiger partial charge in [-0.3, -0.25) is 14.9 Å². The van der Waals surface area contributed by atoms with E-state index in [2.05, 4.69) is 4.98 Å². The summed E-state index contributed by atoms with van der Waals surface area (Å²) in [5.41, 5.74) is 6.27. The van der Waals surface area contributed by atoms with Gasteiger partial charge in [-0.05, 0) is 31.2 Å². The van der Waals surface area contributed by atoms with Gasteiger partial charge in [-0.2, -0.15) is 0 Å². The number of rotatable bonds is 6. The highest BCUT2D eigenvalue weighted by Crippen LogP contribution is 2.25. The Morgan fingerprint density at radius 3 is 2.56 bits per heavy atom. The summed E-state index contributed by atoms with van der Waals surface area (Å²) in [6.45, 7) is 1.35. The molecule has 9 heteroatoms. The number of imide groups is 1. The highest BCUT2D eigenvalue weighted by atomic mass is 32.1. The monoisotopic (exact) mass is 363 g/mol. The Morgan fingerprint density at radius 1 is 1.28 bits per heavy atom. The van der Waals surface area contributed by atoms with Crippen molar-refractivity contribution >= 4 is 29.2 Å². The number of urea groups is 1. The van der Waals surface area contributed by atoms with Gasteiger partial charge in [0.05, 0.1) is 19.2 Å². The van der Waals surface area contributed by atoms with E-state index < -0.39 is 24.0 Å². The maximum Gasteiger partial charge on any atom is 0.318 e. The second kappa shape index (κ2) is 8.25. The fraction of sp³-hybridized carbons (Fsp3) is 0.250. The minimum atomic E-state index is -1.13. The number of amides is 3. The molecule has 0 aliphatic carbocycles. The number of thiazole rings is 1.